The lowest BCUT2D eigenvalue weighted by Gasteiger charge is -2.25. The third-order valence-corrected chi connectivity index (χ3v) is 4.70. The summed E-state index contributed by atoms with van der Waals surface area (Å²) in [6, 6.07) is 9.85. The van der Waals surface area contributed by atoms with Crippen molar-refractivity contribution in [1.82, 2.24) is 14.8 Å². The molecule has 142 valence electrons. The molecule has 0 saturated carbocycles. The van der Waals surface area contributed by atoms with Gasteiger partial charge in [0.15, 0.2) is 0 Å². The summed E-state index contributed by atoms with van der Waals surface area (Å²) in [4.78, 5) is 31.6. The molecule has 1 aromatic carbocycles. The minimum absolute atomic E-state index is 0.108. The van der Waals surface area contributed by atoms with Crippen molar-refractivity contribution in [3.63, 3.8) is 0 Å². The highest BCUT2D eigenvalue weighted by atomic mass is 16.4. The molecule has 1 aliphatic heterocycles. The Balaban J connectivity index is 1.68. The first-order chi connectivity index (χ1) is 13.0. The first kappa shape index (κ1) is 18.8. The van der Waals surface area contributed by atoms with Crippen LogP contribution in [0.25, 0.3) is 0 Å². The number of aromatic nitrogens is 1. The van der Waals surface area contributed by atoms with E-state index in [0.717, 1.165) is 31.5 Å². The van der Waals surface area contributed by atoms with E-state index in [2.05, 4.69) is 10.3 Å². The van der Waals surface area contributed by atoms with Crippen LogP contribution in [-0.2, 0) is 11.3 Å². The van der Waals surface area contributed by atoms with Gasteiger partial charge in [-0.2, -0.15) is 0 Å². The van der Waals surface area contributed by atoms with E-state index in [4.69, 9.17) is 0 Å². The van der Waals surface area contributed by atoms with Gasteiger partial charge in [0.1, 0.15) is 6.04 Å². The molecule has 2 heterocycles. The lowest BCUT2D eigenvalue weighted by atomic mass is 10.0. The fourth-order valence-electron chi connectivity index (χ4n) is 3.33. The summed E-state index contributed by atoms with van der Waals surface area (Å²) in [7, 11) is 1.77. The zero-order valence-corrected chi connectivity index (χ0v) is 15.3. The minimum atomic E-state index is -0.921. The quantitative estimate of drug-likeness (QED) is 0.819. The standard InChI is InChI=1S/C20H24N4O3/c1-23(14-15-5-4-10-21-13-15)18(19(25)26)16-6-8-17(9-7-16)22-20(27)24-11-2-3-12-24/h4-10,13,18H,2-3,11-12,14H2,1H3,(H,22,27)(H,25,26)/t18-/m0/s1. The summed E-state index contributed by atoms with van der Waals surface area (Å²) in [5, 5.41) is 12.6. The van der Waals surface area contributed by atoms with Gasteiger partial charge in [-0.3, -0.25) is 14.7 Å². The maximum atomic E-state index is 12.2. The smallest absolute Gasteiger partial charge is 0.325 e. The van der Waals surface area contributed by atoms with E-state index in [1.165, 1.54) is 0 Å². The third kappa shape index (κ3) is 4.83. The fraction of sp³-hybridized carbons (Fsp3) is 0.350. The van der Waals surface area contributed by atoms with Crippen molar-refractivity contribution in [1.29, 1.82) is 0 Å². The van der Waals surface area contributed by atoms with Crippen molar-refractivity contribution in [3.8, 4) is 0 Å². The van der Waals surface area contributed by atoms with Crippen LogP contribution in [0.15, 0.2) is 48.8 Å². The van der Waals surface area contributed by atoms with Gasteiger partial charge in [0.05, 0.1) is 0 Å². The molecule has 1 aliphatic rings. The van der Waals surface area contributed by atoms with Crippen molar-refractivity contribution < 1.29 is 14.7 Å². The van der Waals surface area contributed by atoms with Crippen LogP contribution in [0.5, 0.6) is 0 Å². The largest absolute Gasteiger partial charge is 0.480 e. The van der Waals surface area contributed by atoms with Gasteiger partial charge >= 0.3 is 12.0 Å². The van der Waals surface area contributed by atoms with E-state index in [1.54, 1.807) is 53.5 Å². The number of hydrogen-bond donors (Lipinski definition) is 2. The van der Waals surface area contributed by atoms with Crippen LogP contribution in [0.2, 0.25) is 0 Å². The average Bonchev–Trinajstić information content (AvgIpc) is 3.19. The number of pyridine rings is 1. The number of urea groups is 1. The number of nitrogens with zero attached hydrogens (tertiary/aromatic N) is 3. The number of rotatable bonds is 6. The van der Waals surface area contributed by atoms with Crippen molar-refractivity contribution in [2.75, 3.05) is 25.5 Å². The highest BCUT2D eigenvalue weighted by molar-refractivity contribution is 5.89. The van der Waals surface area contributed by atoms with Crippen molar-refractivity contribution in [2.45, 2.75) is 25.4 Å². The number of nitrogens with one attached hydrogen (secondary N) is 1. The maximum absolute atomic E-state index is 12.2. The predicted octanol–water partition coefficient (Wildman–Crippen LogP) is 2.97. The number of carboxylic acids is 1. The second kappa shape index (κ2) is 8.64. The molecule has 2 aromatic rings. The van der Waals surface area contributed by atoms with E-state index in [-0.39, 0.29) is 6.03 Å². The van der Waals surface area contributed by atoms with Crippen molar-refractivity contribution >= 4 is 17.7 Å². The van der Waals surface area contributed by atoms with Gasteiger partial charge in [0.25, 0.3) is 0 Å². The number of likely N-dealkylation sites (N-methyl/N-ethyl adjacent to an activating group) is 1. The summed E-state index contributed by atoms with van der Waals surface area (Å²) in [5.41, 5.74) is 2.27. The number of amides is 2. The highest BCUT2D eigenvalue weighted by Crippen LogP contribution is 2.23. The normalized spacial score (nSPS) is 15.0. The van der Waals surface area contributed by atoms with Crippen LogP contribution in [0.1, 0.15) is 30.0 Å². The van der Waals surface area contributed by atoms with Gasteiger partial charge in [-0.15, -0.1) is 0 Å². The molecule has 0 spiro atoms. The Morgan fingerprint density at radius 1 is 1.22 bits per heavy atom. The van der Waals surface area contributed by atoms with E-state index in [9.17, 15) is 14.7 Å². The summed E-state index contributed by atoms with van der Waals surface area (Å²) in [5.74, 6) is -0.921. The lowest BCUT2D eigenvalue weighted by molar-refractivity contribution is -0.143. The summed E-state index contributed by atoms with van der Waals surface area (Å²) in [6.45, 7) is 2.03. The number of hydrogen-bond acceptors (Lipinski definition) is 4. The Morgan fingerprint density at radius 3 is 2.52 bits per heavy atom. The zero-order chi connectivity index (χ0) is 19.2. The molecule has 0 radical (unpaired) electrons. The van der Waals surface area contributed by atoms with Gasteiger partial charge < -0.3 is 15.3 Å². The van der Waals surface area contributed by atoms with Crippen LogP contribution < -0.4 is 5.32 Å². The molecule has 0 unspecified atom stereocenters. The van der Waals surface area contributed by atoms with Crippen LogP contribution in [-0.4, -0.2) is 52.0 Å². The lowest BCUT2D eigenvalue weighted by Crippen LogP contribution is -2.32. The number of aliphatic carboxylic acids is 1. The maximum Gasteiger partial charge on any atom is 0.325 e. The van der Waals surface area contributed by atoms with Crippen LogP contribution in [0.4, 0.5) is 10.5 Å². The Bertz CT molecular complexity index is 774. The molecule has 1 atom stereocenters. The molecule has 0 bridgehead atoms. The number of benzene rings is 1. The van der Waals surface area contributed by atoms with E-state index >= 15 is 0 Å². The van der Waals surface area contributed by atoms with Gasteiger partial charge in [-0.05, 0) is 49.2 Å². The number of carbonyl (C=O) groups is 2. The highest BCUT2D eigenvalue weighted by Gasteiger charge is 2.25. The second-order valence-corrected chi connectivity index (χ2v) is 6.76. The second-order valence-electron chi connectivity index (χ2n) is 6.76. The minimum Gasteiger partial charge on any atom is -0.480 e. The molecular formula is C20H24N4O3. The zero-order valence-electron chi connectivity index (χ0n) is 15.3. The summed E-state index contributed by atoms with van der Waals surface area (Å²) < 4.78 is 0. The van der Waals surface area contributed by atoms with Crippen LogP contribution in [0.3, 0.4) is 0 Å². The molecule has 2 amide bonds. The molecule has 1 saturated heterocycles. The summed E-state index contributed by atoms with van der Waals surface area (Å²) in [6.07, 6.45) is 5.49. The van der Waals surface area contributed by atoms with Gasteiger partial charge in [-0.25, -0.2) is 4.79 Å². The van der Waals surface area contributed by atoms with E-state index in [1.807, 2.05) is 12.1 Å². The van der Waals surface area contributed by atoms with Gasteiger partial charge in [-0.1, -0.05) is 18.2 Å². The van der Waals surface area contributed by atoms with Crippen LogP contribution in [0, 0.1) is 0 Å². The Labute approximate surface area is 158 Å². The summed E-state index contributed by atoms with van der Waals surface area (Å²) >= 11 is 0. The number of carboxylic acid groups (broad SMARTS) is 1. The first-order valence-corrected chi connectivity index (χ1v) is 9.02. The Morgan fingerprint density at radius 2 is 1.93 bits per heavy atom. The van der Waals surface area contributed by atoms with E-state index < -0.39 is 12.0 Å². The van der Waals surface area contributed by atoms with Crippen molar-refractivity contribution in [3.05, 3.63) is 59.9 Å². The van der Waals surface area contributed by atoms with Gasteiger partial charge in [0, 0.05) is 37.7 Å². The van der Waals surface area contributed by atoms with Gasteiger partial charge in [0.2, 0.25) is 0 Å². The Hall–Kier alpha value is -2.93. The Kier molecular flexibility index (Phi) is 6.03. The molecule has 27 heavy (non-hydrogen) atoms. The third-order valence-electron chi connectivity index (χ3n) is 4.70. The number of anilines is 1. The predicted molar refractivity (Wildman–Crippen MR) is 102 cm³/mol. The topological polar surface area (TPSA) is 85.8 Å². The van der Waals surface area contributed by atoms with Crippen molar-refractivity contribution in [2.24, 2.45) is 0 Å². The SMILES string of the molecule is CN(Cc1cccnc1)[C@H](C(=O)O)c1ccc(NC(=O)N2CCCC2)cc1. The monoisotopic (exact) mass is 368 g/mol. The fourth-order valence-corrected chi connectivity index (χ4v) is 3.33. The molecular weight excluding hydrogens is 344 g/mol. The molecule has 1 aromatic heterocycles. The molecule has 1 fully saturated rings. The van der Waals surface area contributed by atoms with Crippen LogP contribution >= 0.6 is 0 Å². The van der Waals surface area contributed by atoms with E-state index in [0.29, 0.717) is 17.8 Å². The molecule has 7 heteroatoms. The molecule has 3 rings (SSSR count). The first-order valence-electron chi connectivity index (χ1n) is 9.02. The molecule has 7 nitrogen and oxygen atoms in total. The number of likely N-dealkylation sites (tertiary alicyclic amines) is 1. The number of carbonyl (C=O) groups excluding carboxylic acids is 1. The molecule has 2 N–H and O–H groups in total. The average molecular weight is 368 g/mol. The molecule has 0 aliphatic carbocycles.